The average molecular weight is 402 g/mol. The number of nitro groups is 1. The maximum absolute atomic E-state index is 12.0. The lowest BCUT2D eigenvalue weighted by Crippen LogP contribution is -2.48. The third kappa shape index (κ3) is 2.88. The molecule has 0 atom stereocenters. The van der Waals surface area contributed by atoms with E-state index in [0.717, 1.165) is 38.5 Å². The van der Waals surface area contributed by atoms with Gasteiger partial charge in [0, 0.05) is 11.6 Å². The number of nitro benzene ring substituents is 1. The first-order valence-electron chi connectivity index (χ1n) is 9.81. The van der Waals surface area contributed by atoms with Crippen molar-refractivity contribution < 1.29 is 14.8 Å². The van der Waals surface area contributed by atoms with Crippen molar-refractivity contribution in [3.8, 4) is 16.9 Å². The van der Waals surface area contributed by atoms with E-state index in [1.54, 1.807) is 18.2 Å². The van der Waals surface area contributed by atoms with Crippen LogP contribution < -0.4 is 4.74 Å². The number of hydrogen-bond donors (Lipinski definition) is 1. The number of benzene rings is 2. The highest BCUT2D eigenvalue weighted by Gasteiger charge is 2.51. The first-order chi connectivity index (χ1) is 13.5. The lowest BCUT2D eigenvalue weighted by Gasteiger charge is -2.50. The van der Waals surface area contributed by atoms with Crippen LogP contribution in [0.25, 0.3) is 11.1 Å². The number of halogens is 1. The summed E-state index contributed by atoms with van der Waals surface area (Å²) in [7, 11) is 1.54. The van der Waals surface area contributed by atoms with Crippen LogP contribution in [0.5, 0.6) is 5.75 Å². The maximum atomic E-state index is 12.0. The second-order valence-corrected chi connectivity index (χ2v) is 8.26. The van der Waals surface area contributed by atoms with Gasteiger partial charge in [0.15, 0.2) is 0 Å². The molecule has 0 saturated heterocycles. The smallest absolute Gasteiger partial charge is 0.278 e. The number of methoxy groups -OCH3 is 1. The minimum Gasteiger partial charge on any atom is -0.496 e. The molecule has 0 spiro atoms. The van der Waals surface area contributed by atoms with Gasteiger partial charge in [0.2, 0.25) is 0 Å². The highest BCUT2D eigenvalue weighted by molar-refractivity contribution is 6.34. The van der Waals surface area contributed by atoms with Crippen molar-refractivity contribution in [2.45, 2.75) is 44.1 Å². The summed E-state index contributed by atoms with van der Waals surface area (Å²) >= 11 is 6.47. The van der Waals surface area contributed by atoms with Gasteiger partial charge in [-0.3, -0.25) is 10.1 Å². The molecule has 1 N–H and O–H groups in total. The summed E-state index contributed by atoms with van der Waals surface area (Å²) < 4.78 is 5.60. The summed E-state index contributed by atoms with van der Waals surface area (Å²) in [4.78, 5) is 11.3. The normalized spacial score (nSPS) is 17.7. The Labute approximate surface area is 169 Å². The van der Waals surface area contributed by atoms with Crippen molar-refractivity contribution in [1.82, 2.24) is 0 Å². The molecule has 0 amide bonds. The van der Waals surface area contributed by atoms with Crippen LogP contribution in [0.15, 0.2) is 36.4 Å². The molecule has 2 aliphatic rings. The molecule has 2 aliphatic carbocycles. The average Bonchev–Trinajstić information content (AvgIpc) is 2.57. The molecule has 5 nitrogen and oxygen atoms in total. The molecule has 4 rings (SSSR count). The predicted molar refractivity (Wildman–Crippen MR) is 109 cm³/mol. The van der Waals surface area contributed by atoms with Crippen LogP contribution in [0.3, 0.4) is 0 Å². The molecule has 0 unspecified atom stereocenters. The molecular formula is C22H24ClNO4. The highest BCUT2D eigenvalue weighted by atomic mass is 35.5. The van der Waals surface area contributed by atoms with Gasteiger partial charge < -0.3 is 9.84 Å². The van der Waals surface area contributed by atoms with E-state index >= 15 is 0 Å². The fraction of sp³-hybridized carbons (Fsp3) is 0.455. The molecule has 0 bridgehead atoms. The summed E-state index contributed by atoms with van der Waals surface area (Å²) in [6, 6.07) is 10.2. The largest absolute Gasteiger partial charge is 0.496 e. The van der Waals surface area contributed by atoms with Gasteiger partial charge in [0.1, 0.15) is 5.75 Å². The van der Waals surface area contributed by atoms with Crippen molar-refractivity contribution in [3.63, 3.8) is 0 Å². The van der Waals surface area contributed by atoms with Crippen LogP contribution in [-0.4, -0.2) is 17.1 Å². The molecule has 2 fully saturated rings. The van der Waals surface area contributed by atoms with Crippen LogP contribution in [0.4, 0.5) is 5.69 Å². The topological polar surface area (TPSA) is 72.6 Å². The zero-order valence-corrected chi connectivity index (χ0v) is 16.6. The summed E-state index contributed by atoms with van der Waals surface area (Å²) in [5, 5.41) is 24.1. The number of rotatable bonds is 6. The van der Waals surface area contributed by atoms with Gasteiger partial charge in [-0.15, -0.1) is 0 Å². The van der Waals surface area contributed by atoms with Crippen molar-refractivity contribution >= 4 is 17.3 Å². The fourth-order valence-electron chi connectivity index (χ4n) is 4.68. The molecule has 0 aromatic heterocycles. The van der Waals surface area contributed by atoms with Crippen molar-refractivity contribution in [2.75, 3.05) is 7.11 Å². The van der Waals surface area contributed by atoms with Gasteiger partial charge in [-0.25, -0.2) is 0 Å². The number of hydrogen-bond acceptors (Lipinski definition) is 4. The molecule has 2 saturated carbocycles. The molecule has 0 radical (unpaired) electrons. The number of aliphatic hydroxyl groups is 1. The highest BCUT2D eigenvalue weighted by Crippen LogP contribution is 2.57. The van der Waals surface area contributed by atoms with Gasteiger partial charge >= 0.3 is 0 Å². The Morgan fingerprint density at radius 1 is 1.07 bits per heavy atom. The maximum Gasteiger partial charge on any atom is 0.278 e. The molecule has 148 valence electrons. The Bertz CT molecular complexity index is 891. The molecular weight excluding hydrogens is 378 g/mol. The molecule has 6 heteroatoms. The second kappa shape index (κ2) is 7.37. The van der Waals surface area contributed by atoms with E-state index in [1.807, 2.05) is 12.1 Å². The van der Waals surface area contributed by atoms with Crippen molar-refractivity contribution in [1.29, 1.82) is 0 Å². The first-order valence-corrected chi connectivity index (χ1v) is 10.2. The standard InChI is InChI=1S/C22H24ClNO4/c1-28-19-13-4-10-16(22(25,14-6-2-7-14)15-8-3-9-15)20(19)21-17(23)11-5-12-18(21)24(26)27/h4-5,10-15,25H,2-3,6-9H2,1H3. The minimum absolute atomic E-state index is 0.0807. The van der Waals surface area contributed by atoms with E-state index in [2.05, 4.69) is 0 Å². The van der Waals surface area contributed by atoms with Crippen molar-refractivity contribution in [2.24, 2.45) is 11.8 Å². The summed E-state index contributed by atoms with van der Waals surface area (Å²) in [6.45, 7) is 0. The third-order valence-electron chi connectivity index (χ3n) is 6.57. The van der Waals surface area contributed by atoms with Crippen LogP contribution in [0, 0.1) is 22.0 Å². The summed E-state index contributed by atoms with van der Waals surface area (Å²) in [6.07, 6.45) is 6.07. The quantitative estimate of drug-likeness (QED) is 0.496. The third-order valence-corrected chi connectivity index (χ3v) is 6.89. The molecule has 0 heterocycles. The molecule has 2 aromatic rings. The summed E-state index contributed by atoms with van der Waals surface area (Å²) in [5.74, 6) is 0.807. The van der Waals surface area contributed by atoms with Crippen LogP contribution in [0.2, 0.25) is 5.02 Å². The SMILES string of the molecule is COc1cccc(C(O)(C2CCC2)C2CCC2)c1-c1c(Cl)cccc1[N+](=O)[O-]. The van der Waals surface area contributed by atoms with E-state index in [-0.39, 0.29) is 22.5 Å². The lowest BCUT2D eigenvalue weighted by atomic mass is 9.58. The first kappa shape index (κ1) is 19.2. The molecule has 0 aliphatic heterocycles. The van der Waals surface area contributed by atoms with Crippen LogP contribution in [0.1, 0.15) is 44.1 Å². The van der Waals surface area contributed by atoms with Gasteiger partial charge in [-0.05, 0) is 55.2 Å². The zero-order valence-electron chi connectivity index (χ0n) is 15.9. The molecule has 28 heavy (non-hydrogen) atoms. The van der Waals surface area contributed by atoms with E-state index < -0.39 is 10.5 Å². The lowest BCUT2D eigenvalue weighted by molar-refractivity contribution is -0.384. The van der Waals surface area contributed by atoms with Gasteiger partial charge in [-0.2, -0.15) is 0 Å². The zero-order chi connectivity index (χ0) is 19.9. The van der Waals surface area contributed by atoms with Crippen LogP contribution in [-0.2, 0) is 5.60 Å². The van der Waals surface area contributed by atoms with E-state index in [1.165, 1.54) is 13.2 Å². The van der Waals surface area contributed by atoms with E-state index in [9.17, 15) is 15.2 Å². The van der Waals surface area contributed by atoms with Gasteiger partial charge in [0.25, 0.3) is 5.69 Å². The fourth-order valence-corrected chi connectivity index (χ4v) is 4.94. The van der Waals surface area contributed by atoms with Gasteiger partial charge in [0.05, 0.1) is 28.2 Å². The predicted octanol–water partition coefficient (Wildman–Crippen LogP) is 5.71. The Kier molecular flexibility index (Phi) is 5.06. The molecule has 2 aromatic carbocycles. The Hall–Kier alpha value is -2.11. The minimum atomic E-state index is -1.02. The van der Waals surface area contributed by atoms with Gasteiger partial charge in [-0.1, -0.05) is 42.6 Å². The Balaban J connectivity index is 2.00. The number of nitrogens with zero attached hydrogens (tertiary/aromatic N) is 1. The van der Waals surface area contributed by atoms with Crippen LogP contribution >= 0.6 is 11.6 Å². The Morgan fingerprint density at radius 2 is 1.68 bits per heavy atom. The monoisotopic (exact) mass is 401 g/mol. The van der Waals surface area contributed by atoms with E-state index in [0.29, 0.717) is 22.4 Å². The van der Waals surface area contributed by atoms with E-state index in [4.69, 9.17) is 16.3 Å². The second-order valence-electron chi connectivity index (χ2n) is 7.85. The summed E-state index contributed by atoms with van der Waals surface area (Å²) in [5.41, 5.74) is 0.468. The number of ether oxygens (including phenoxy) is 1. The van der Waals surface area contributed by atoms with Crippen molar-refractivity contribution in [3.05, 3.63) is 57.1 Å². The Morgan fingerprint density at radius 3 is 2.18 bits per heavy atom.